The van der Waals surface area contributed by atoms with Gasteiger partial charge in [0.05, 0.1) is 19.8 Å². The molecule has 0 saturated carbocycles. The molecule has 3 heterocycles. The average Bonchev–Trinajstić information content (AvgIpc) is 3.33. The summed E-state index contributed by atoms with van der Waals surface area (Å²) in [6.45, 7) is 1.89. The Labute approximate surface area is 222 Å². The van der Waals surface area contributed by atoms with E-state index in [1.165, 1.54) is 9.80 Å². The van der Waals surface area contributed by atoms with Crippen LogP contribution in [-0.4, -0.2) is 122 Å². The molecule has 0 bridgehead atoms. The lowest BCUT2D eigenvalue weighted by Gasteiger charge is -2.39. The number of rotatable bonds is 4. The zero-order valence-corrected chi connectivity index (χ0v) is 21.6. The van der Waals surface area contributed by atoms with E-state index in [1.54, 1.807) is 17.0 Å². The topological polar surface area (TPSA) is 144 Å². The highest BCUT2D eigenvalue weighted by atomic mass is 16.5. The van der Waals surface area contributed by atoms with Gasteiger partial charge >= 0.3 is 0 Å². The van der Waals surface area contributed by atoms with Crippen molar-refractivity contribution in [3.8, 4) is 5.75 Å². The molecule has 4 rings (SSSR count). The van der Waals surface area contributed by atoms with Crippen LogP contribution in [-0.2, 0) is 28.7 Å². The minimum atomic E-state index is -0.787. The quantitative estimate of drug-likeness (QED) is 0.502. The highest BCUT2D eigenvalue weighted by Crippen LogP contribution is 2.21. The van der Waals surface area contributed by atoms with Crippen LogP contribution in [0.3, 0.4) is 0 Å². The van der Waals surface area contributed by atoms with Gasteiger partial charge in [-0.25, -0.2) is 0 Å². The summed E-state index contributed by atoms with van der Waals surface area (Å²) in [5.74, 6) is -0.460. The predicted molar refractivity (Wildman–Crippen MR) is 136 cm³/mol. The summed E-state index contributed by atoms with van der Waals surface area (Å²) in [6.07, 6.45) is 1.54. The fourth-order valence-corrected chi connectivity index (χ4v) is 5.08. The fraction of sp³-hybridized carbons (Fsp3) is 0.615. The van der Waals surface area contributed by atoms with Gasteiger partial charge in [0, 0.05) is 38.3 Å². The molecular weight excluding hydrogens is 494 g/mol. The Balaban J connectivity index is 1.39. The van der Waals surface area contributed by atoms with Crippen molar-refractivity contribution >= 4 is 23.6 Å². The van der Waals surface area contributed by atoms with Gasteiger partial charge in [-0.1, -0.05) is 18.2 Å². The molecule has 3 saturated heterocycles. The van der Waals surface area contributed by atoms with Crippen LogP contribution < -0.4 is 15.8 Å². The van der Waals surface area contributed by atoms with Crippen LogP contribution in [0.2, 0.25) is 0 Å². The lowest BCUT2D eigenvalue weighted by atomic mass is 10.0. The molecule has 4 amide bonds. The van der Waals surface area contributed by atoms with Gasteiger partial charge in [0.15, 0.2) is 6.61 Å². The number of hydrogen-bond acceptors (Lipinski definition) is 8. The molecule has 3 aliphatic rings. The van der Waals surface area contributed by atoms with Crippen LogP contribution in [0, 0.1) is 0 Å². The highest BCUT2D eigenvalue weighted by Gasteiger charge is 2.41. The third-order valence-corrected chi connectivity index (χ3v) is 7.17. The summed E-state index contributed by atoms with van der Waals surface area (Å²) in [7, 11) is 0. The largest absolute Gasteiger partial charge is 0.484 e. The Hall–Kier alpha value is -3.22. The molecule has 38 heavy (non-hydrogen) atoms. The molecule has 1 aromatic rings. The summed E-state index contributed by atoms with van der Waals surface area (Å²) in [5.41, 5.74) is 6.18. The number of nitrogens with one attached hydrogen (secondary N) is 1. The number of likely N-dealkylation sites (tertiary alicyclic amines) is 1. The van der Waals surface area contributed by atoms with Gasteiger partial charge in [0.1, 0.15) is 24.9 Å². The molecule has 1 aromatic carbocycles. The van der Waals surface area contributed by atoms with Crippen LogP contribution in [0.5, 0.6) is 5.75 Å². The number of nitrogens with two attached hydrogens (primary N) is 1. The van der Waals surface area contributed by atoms with Gasteiger partial charge in [-0.2, -0.15) is 0 Å². The summed E-state index contributed by atoms with van der Waals surface area (Å²) in [6, 6.07) is 7.63. The Morgan fingerprint density at radius 3 is 2.45 bits per heavy atom. The van der Waals surface area contributed by atoms with Crippen molar-refractivity contribution in [3.63, 3.8) is 0 Å². The van der Waals surface area contributed by atoms with Crippen LogP contribution >= 0.6 is 0 Å². The minimum Gasteiger partial charge on any atom is -0.484 e. The SMILES string of the molecule is N[C@@H]1CCN2C(=O)CN(C3CCN(C(=O)COc4ccccc4)CC3)C(=O)COCCOCCNC(=O)[C@H]12. The van der Waals surface area contributed by atoms with Gasteiger partial charge in [-0.3, -0.25) is 19.2 Å². The van der Waals surface area contributed by atoms with E-state index >= 15 is 0 Å². The van der Waals surface area contributed by atoms with Gasteiger partial charge in [0.2, 0.25) is 17.7 Å². The average molecular weight is 532 g/mol. The van der Waals surface area contributed by atoms with E-state index in [9.17, 15) is 19.2 Å². The molecule has 0 aliphatic carbocycles. The molecule has 0 radical (unpaired) electrons. The van der Waals surface area contributed by atoms with Crippen LogP contribution in [0.15, 0.2) is 30.3 Å². The number of fused-ring (bicyclic) bond motifs is 1. The molecule has 208 valence electrons. The number of benzene rings is 1. The first-order chi connectivity index (χ1) is 18.4. The molecule has 2 atom stereocenters. The number of piperidine rings is 1. The first-order valence-corrected chi connectivity index (χ1v) is 13.2. The molecule has 0 spiro atoms. The fourth-order valence-electron chi connectivity index (χ4n) is 5.08. The van der Waals surface area contributed by atoms with Crippen molar-refractivity contribution in [1.82, 2.24) is 20.0 Å². The molecular formula is C26H37N5O7. The maximum Gasteiger partial charge on any atom is 0.260 e. The second kappa shape index (κ2) is 13.5. The Morgan fingerprint density at radius 2 is 1.68 bits per heavy atom. The van der Waals surface area contributed by atoms with Crippen molar-refractivity contribution in [2.45, 2.75) is 37.4 Å². The molecule has 0 unspecified atom stereocenters. The molecule has 3 aliphatic heterocycles. The normalized spacial score (nSPS) is 24.9. The van der Waals surface area contributed by atoms with Crippen molar-refractivity contribution in [3.05, 3.63) is 30.3 Å². The maximum atomic E-state index is 13.4. The second-order valence-corrected chi connectivity index (χ2v) is 9.68. The third-order valence-electron chi connectivity index (χ3n) is 7.17. The lowest BCUT2D eigenvalue weighted by molar-refractivity contribution is -0.148. The molecule has 3 N–H and O–H groups in total. The monoisotopic (exact) mass is 531 g/mol. The van der Waals surface area contributed by atoms with Crippen LogP contribution in [0.25, 0.3) is 0 Å². The number of hydrogen-bond donors (Lipinski definition) is 2. The van der Waals surface area contributed by atoms with Crippen molar-refractivity contribution < 1.29 is 33.4 Å². The summed E-state index contributed by atoms with van der Waals surface area (Å²) in [4.78, 5) is 56.7. The molecule has 12 heteroatoms. The van der Waals surface area contributed by atoms with Crippen molar-refractivity contribution in [1.29, 1.82) is 0 Å². The number of ether oxygens (including phenoxy) is 3. The van der Waals surface area contributed by atoms with Gasteiger partial charge < -0.3 is 40.0 Å². The zero-order chi connectivity index (χ0) is 26.9. The van der Waals surface area contributed by atoms with Gasteiger partial charge in [0.25, 0.3) is 5.91 Å². The van der Waals surface area contributed by atoms with E-state index in [0.717, 1.165) is 0 Å². The summed E-state index contributed by atoms with van der Waals surface area (Å²) in [5, 5.41) is 2.79. The minimum absolute atomic E-state index is 0.0651. The van der Waals surface area contributed by atoms with E-state index in [0.29, 0.717) is 57.8 Å². The second-order valence-electron chi connectivity index (χ2n) is 9.68. The van der Waals surface area contributed by atoms with E-state index in [-0.39, 0.29) is 62.6 Å². The third kappa shape index (κ3) is 7.21. The van der Waals surface area contributed by atoms with Crippen LogP contribution in [0.1, 0.15) is 19.3 Å². The zero-order valence-electron chi connectivity index (χ0n) is 21.6. The van der Waals surface area contributed by atoms with E-state index in [1.807, 2.05) is 18.2 Å². The first-order valence-electron chi connectivity index (χ1n) is 13.2. The number of amides is 4. The van der Waals surface area contributed by atoms with Gasteiger partial charge in [-0.05, 0) is 31.4 Å². The predicted octanol–water partition coefficient (Wildman–Crippen LogP) is -1.02. The van der Waals surface area contributed by atoms with Crippen LogP contribution in [0.4, 0.5) is 0 Å². The smallest absolute Gasteiger partial charge is 0.260 e. The lowest BCUT2D eigenvalue weighted by Crippen LogP contribution is -2.57. The molecule has 3 fully saturated rings. The Morgan fingerprint density at radius 1 is 0.947 bits per heavy atom. The molecule has 12 nitrogen and oxygen atoms in total. The van der Waals surface area contributed by atoms with Crippen molar-refractivity contribution in [2.24, 2.45) is 5.73 Å². The van der Waals surface area contributed by atoms with E-state index in [4.69, 9.17) is 19.9 Å². The van der Waals surface area contributed by atoms with E-state index < -0.39 is 12.1 Å². The molecule has 0 aromatic heterocycles. The van der Waals surface area contributed by atoms with Gasteiger partial charge in [-0.15, -0.1) is 0 Å². The highest BCUT2D eigenvalue weighted by molar-refractivity contribution is 5.91. The number of carbonyl (C=O) groups is 4. The standard InChI is InChI=1S/C26H37N5O7/c27-21-8-12-30-22(32)16-31(24(34)17-37-15-14-36-13-9-28-26(35)25(21)30)19-6-10-29(11-7-19)23(33)18-38-20-4-2-1-3-5-20/h1-5,19,21,25H,6-18,27H2,(H,28,35)/t21-,25+/m1/s1. The summed E-state index contributed by atoms with van der Waals surface area (Å²) < 4.78 is 16.5. The Bertz CT molecular complexity index is 970. The Kier molecular flexibility index (Phi) is 9.91. The first kappa shape index (κ1) is 27.8. The number of nitrogens with zero attached hydrogens (tertiary/aromatic N) is 3. The van der Waals surface area contributed by atoms with E-state index in [2.05, 4.69) is 5.32 Å². The van der Waals surface area contributed by atoms with Crippen molar-refractivity contribution in [2.75, 3.05) is 65.8 Å². The summed E-state index contributed by atoms with van der Waals surface area (Å²) >= 11 is 0. The number of carbonyl (C=O) groups excluding carboxylic acids is 4. The maximum absolute atomic E-state index is 13.4. The number of para-hydroxylation sites is 1.